The van der Waals surface area contributed by atoms with Gasteiger partial charge < -0.3 is 0 Å². The molecule has 0 saturated carbocycles. The fraction of sp³-hybridized carbons (Fsp3) is 0.250. The first-order valence-corrected chi connectivity index (χ1v) is 3.01. The lowest BCUT2D eigenvalue weighted by Gasteiger charge is -2.22. The Kier molecular flexibility index (Phi) is 0.865. The predicted octanol–water partition coefficient (Wildman–Crippen LogP) is 2.05. The van der Waals surface area contributed by atoms with Crippen molar-refractivity contribution in [3.63, 3.8) is 0 Å². The molecule has 9 heavy (non-hydrogen) atoms. The Morgan fingerprint density at radius 2 is 2.56 bits per heavy atom. The molecule has 1 aliphatic carbocycles. The monoisotopic (exact) mass is 121 g/mol. The van der Waals surface area contributed by atoms with Gasteiger partial charge in [-0.15, -0.1) is 0 Å². The lowest BCUT2D eigenvalue weighted by atomic mass is 9.87. The Morgan fingerprint density at radius 1 is 1.67 bits per heavy atom. The molecule has 1 radical (unpaired) electrons. The second-order valence-corrected chi connectivity index (χ2v) is 2.30. The van der Waals surface area contributed by atoms with Gasteiger partial charge in [0.1, 0.15) is 6.17 Å². The number of rotatable bonds is 0. The molecule has 0 saturated heterocycles. The third-order valence-corrected chi connectivity index (χ3v) is 1.72. The van der Waals surface area contributed by atoms with Gasteiger partial charge in [0.25, 0.3) is 0 Å². The molecule has 0 aromatic heterocycles. The average Bonchev–Trinajstić information content (AvgIpc) is 1.86. The molecule has 1 aliphatic rings. The van der Waals surface area contributed by atoms with E-state index in [4.69, 9.17) is 0 Å². The van der Waals surface area contributed by atoms with Crippen LogP contribution in [0.1, 0.15) is 17.3 Å². The maximum absolute atomic E-state index is 12.5. The highest BCUT2D eigenvalue weighted by atomic mass is 19.1. The van der Waals surface area contributed by atoms with E-state index in [9.17, 15) is 4.39 Å². The van der Waals surface area contributed by atoms with E-state index in [1.807, 2.05) is 6.07 Å². The van der Waals surface area contributed by atoms with Crippen molar-refractivity contribution in [2.45, 2.75) is 12.6 Å². The summed E-state index contributed by atoms with van der Waals surface area (Å²) in [6.45, 7) is 0. The molecule has 0 heterocycles. The number of hydrogen-bond donors (Lipinski definition) is 0. The molecule has 1 aromatic rings. The highest BCUT2D eigenvalue weighted by molar-refractivity contribution is 5.37. The Hall–Kier alpha value is -0.850. The second-order valence-electron chi connectivity index (χ2n) is 2.30. The van der Waals surface area contributed by atoms with E-state index in [1.54, 1.807) is 12.1 Å². The number of fused-ring (bicyclic) bond motifs is 1. The van der Waals surface area contributed by atoms with Gasteiger partial charge in [-0.3, -0.25) is 0 Å². The molecule has 0 bridgehead atoms. The molecule has 0 nitrogen and oxygen atoms in total. The van der Waals surface area contributed by atoms with Gasteiger partial charge in [-0.2, -0.15) is 0 Å². The van der Waals surface area contributed by atoms with E-state index in [0.29, 0.717) is 6.42 Å². The van der Waals surface area contributed by atoms with E-state index in [1.165, 1.54) is 0 Å². The summed E-state index contributed by atoms with van der Waals surface area (Å²) in [5.74, 6) is 0. The van der Waals surface area contributed by atoms with Gasteiger partial charge in [0, 0.05) is 6.42 Å². The van der Waals surface area contributed by atoms with Crippen molar-refractivity contribution in [2.75, 3.05) is 0 Å². The molecule has 1 aromatic carbocycles. The van der Waals surface area contributed by atoms with Crippen LogP contribution in [0, 0.1) is 6.07 Å². The van der Waals surface area contributed by atoms with Crippen LogP contribution < -0.4 is 0 Å². The lowest BCUT2D eigenvalue weighted by molar-refractivity contribution is 0.306. The summed E-state index contributed by atoms with van der Waals surface area (Å²) in [6, 6.07) is 8.31. The topological polar surface area (TPSA) is 0 Å². The van der Waals surface area contributed by atoms with Gasteiger partial charge in [0.05, 0.1) is 0 Å². The number of halogens is 1. The molecule has 0 fully saturated rings. The zero-order chi connectivity index (χ0) is 6.27. The van der Waals surface area contributed by atoms with Gasteiger partial charge in [0.2, 0.25) is 0 Å². The SMILES string of the molecule is FC1Cc2c[c]ccc21. The molecule has 1 atom stereocenters. The summed E-state index contributed by atoms with van der Waals surface area (Å²) >= 11 is 0. The standard InChI is InChI=1S/C8H6F/c9-8-5-6-3-1-2-4-7(6)8/h2-4,8H,5H2. The van der Waals surface area contributed by atoms with E-state index < -0.39 is 6.17 Å². The number of benzene rings is 1. The van der Waals surface area contributed by atoms with Crippen molar-refractivity contribution in [3.8, 4) is 0 Å². The average molecular weight is 121 g/mol. The van der Waals surface area contributed by atoms with Crippen LogP contribution >= 0.6 is 0 Å². The molecule has 0 amide bonds. The van der Waals surface area contributed by atoms with Gasteiger partial charge in [-0.05, 0) is 17.2 Å². The summed E-state index contributed by atoms with van der Waals surface area (Å²) in [5.41, 5.74) is 1.97. The Balaban J connectivity index is 2.51. The quantitative estimate of drug-likeness (QED) is 0.492. The third kappa shape index (κ3) is 0.576. The van der Waals surface area contributed by atoms with Gasteiger partial charge in [-0.1, -0.05) is 18.2 Å². The van der Waals surface area contributed by atoms with Crippen LogP contribution in [0.2, 0.25) is 0 Å². The molecular formula is C8H6F. The van der Waals surface area contributed by atoms with E-state index in [0.717, 1.165) is 11.1 Å². The molecule has 1 heteroatoms. The fourth-order valence-corrected chi connectivity index (χ4v) is 1.13. The van der Waals surface area contributed by atoms with Crippen LogP contribution in [0.5, 0.6) is 0 Å². The molecule has 1 unspecified atom stereocenters. The zero-order valence-electron chi connectivity index (χ0n) is 4.89. The molecule has 0 N–H and O–H groups in total. The molecule has 0 aliphatic heterocycles. The Labute approximate surface area is 53.3 Å². The zero-order valence-corrected chi connectivity index (χ0v) is 4.89. The normalized spacial score (nSPS) is 22.6. The van der Waals surface area contributed by atoms with Crippen molar-refractivity contribution >= 4 is 0 Å². The van der Waals surface area contributed by atoms with Crippen LogP contribution in [0.15, 0.2) is 18.2 Å². The van der Waals surface area contributed by atoms with E-state index in [2.05, 4.69) is 6.07 Å². The highest BCUT2D eigenvalue weighted by Gasteiger charge is 2.23. The van der Waals surface area contributed by atoms with Crippen molar-refractivity contribution in [2.24, 2.45) is 0 Å². The van der Waals surface area contributed by atoms with Crippen LogP contribution in [0.25, 0.3) is 0 Å². The lowest BCUT2D eigenvalue weighted by Crippen LogP contribution is -2.11. The number of hydrogen-bond acceptors (Lipinski definition) is 0. The smallest absolute Gasteiger partial charge is 0.129 e. The summed E-state index contributed by atoms with van der Waals surface area (Å²) in [6.07, 6.45) is -0.109. The largest absolute Gasteiger partial charge is 0.242 e. The predicted molar refractivity (Wildman–Crippen MR) is 32.8 cm³/mol. The van der Waals surface area contributed by atoms with Crippen LogP contribution in [-0.2, 0) is 6.42 Å². The first-order valence-electron chi connectivity index (χ1n) is 3.01. The van der Waals surface area contributed by atoms with Gasteiger partial charge >= 0.3 is 0 Å². The van der Waals surface area contributed by atoms with Crippen LogP contribution in [-0.4, -0.2) is 0 Å². The number of alkyl halides is 1. The van der Waals surface area contributed by atoms with E-state index in [-0.39, 0.29) is 0 Å². The molecule has 0 spiro atoms. The van der Waals surface area contributed by atoms with Crippen LogP contribution in [0.3, 0.4) is 0 Å². The summed E-state index contributed by atoms with van der Waals surface area (Å²) < 4.78 is 12.5. The fourth-order valence-electron chi connectivity index (χ4n) is 1.13. The first-order chi connectivity index (χ1) is 4.38. The maximum atomic E-state index is 12.5. The Morgan fingerprint density at radius 3 is 3.11 bits per heavy atom. The minimum absolute atomic E-state index is 0.590. The summed E-state index contributed by atoms with van der Waals surface area (Å²) in [4.78, 5) is 0. The summed E-state index contributed by atoms with van der Waals surface area (Å²) in [7, 11) is 0. The second kappa shape index (κ2) is 1.56. The molecule has 2 rings (SSSR count). The van der Waals surface area contributed by atoms with Crippen molar-refractivity contribution < 1.29 is 4.39 Å². The van der Waals surface area contributed by atoms with Crippen molar-refractivity contribution in [1.29, 1.82) is 0 Å². The molecular weight excluding hydrogens is 115 g/mol. The minimum Gasteiger partial charge on any atom is -0.242 e. The van der Waals surface area contributed by atoms with Crippen molar-refractivity contribution in [1.82, 2.24) is 0 Å². The van der Waals surface area contributed by atoms with Crippen LogP contribution in [0.4, 0.5) is 4.39 Å². The molecule has 45 valence electrons. The third-order valence-electron chi connectivity index (χ3n) is 1.72. The first kappa shape index (κ1) is 4.98. The van der Waals surface area contributed by atoms with E-state index >= 15 is 0 Å². The highest BCUT2D eigenvalue weighted by Crippen LogP contribution is 2.34. The van der Waals surface area contributed by atoms with Gasteiger partial charge in [0.15, 0.2) is 0 Å². The Bertz CT molecular complexity index is 230. The maximum Gasteiger partial charge on any atom is 0.129 e. The summed E-state index contributed by atoms with van der Waals surface area (Å²) in [5, 5.41) is 0. The minimum atomic E-state index is -0.699. The van der Waals surface area contributed by atoms with Gasteiger partial charge in [-0.25, -0.2) is 4.39 Å². The van der Waals surface area contributed by atoms with Crippen molar-refractivity contribution in [3.05, 3.63) is 35.4 Å².